The molecule has 1 unspecified atom stereocenters. The number of methoxy groups -OCH3 is 1. The Labute approximate surface area is 140 Å². The number of hydrogen-bond donors (Lipinski definition) is 4. The number of carbonyl (C=O) groups is 2. The fraction of sp³-hybridized carbons (Fsp3) is 0.571. The Morgan fingerprint density at radius 3 is 2.67 bits per heavy atom. The summed E-state index contributed by atoms with van der Waals surface area (Å²) in [5.74, 6) is -1.50. The van der Waals surface area contributed by atoms with E-state index in [1.807, 2.05) is 0 Å². The van der Waals surface area contributed by atoms with Gasteiger partial charge in [-0.05, 0) is 12.3 Å². The molecule has 130 valence electrons. The maximum Gasteiger partial charge on any atom is 0.475 e. The predicted molar refractivity (Wildman–Crippen MR) is 84.6 cm³/mol. The summed E-state index contributed by atoms with van der Waals surface area (Å²) in [6, 6.07) is -0.982. The van der Waals surface area contributed by atoms with E-state index in [2.05, 4.69) is 20.6 Å². The zero-order chi connectivity index (χ0) is 17.5. The first-order valence-corrected chi connectivity index (χ1v) is 7.73. The van der Waals surface area contributed by atoms with Crippen LogP contribution in [-0.4, -0.2) is 64.6 Å². The third-order valence-electron chi connectivity index (χ3n) is 3.72. The largest absolute Gasteiger partial charge is 0.475 e. The van der Waals surface area contributed by atoms with E-state index in [1.165, 1.54) is 25.7 Å². The lowest BCUT2D eigenvalue weighted by atomic mass is 9.76. The van der Waals surface area contributed by atoms with Gasteiger partial charge in [-0.1, -0.05) is 12.8 Å². The first-order valence-electron chi connectivity index (χ1n) is 7.73. The third kappa shape index (κ3) is 5.55. The van der Waals surface area contributed by atoms with Crippen molar-refractivity contribution in [1.82, 2.24) is 20.6 Å². The molecule has 1 fully saturated rings. The lowest BCUT2D eigenvalue weighted by Gasteiger charge is -2.22. The Morgan fingerprint density at radius 1 is 1.38 bits per heavy atom. The zero-order valence-electron chi connectivity index (χ0n) is 13.4. The monoisotopic (exact) mass is 336 g/mol. The van der Waals surface area contributed by atoms with Crippen molar-refractivity contribution in [3.05, 3.63) is 24.3 Å². The summed E-state index contributed by atoms with van der Waals surface area (Å²) in [4.78, 5) is 32.1. The SMILES string of the molecule is COCC(NC(=O)c1cnccn1)C(=O)N[C@@H](CC1CC1)B(O)O. The van der Waals surface area contributed by atoms with Gasteiger partial charge < -0.3 is 25.4 Å². The maximum atomic E-state index is 12.4. The van der Waals surface area contributed by atoms with Crippen LogP contribution in [0.5, 0.6) is 0 Å². The Morgan fingerprint density at radius 2 is 2.12 bits per heavy atom. The second-order valence-electron chi connectivity index (χ2n) is 5.78. The Hall–Kier alpha value is -2.04. The summed E-state index contributed by atoms with van der Waals surface area (Å²) < 4.78 is 4.96. The van der Waals surface area contributed by atoms with E-state index < -0.39 is 30.9 Å². The molecule has 2 amide bonds. The minimum Gasteiger partial charge on any atom is -0.426 e. The molecule has 1 saturated carbocycles. The summed E-state index contributed by atoms with van der Waals surface area (Å²) >= 11 is 0. The van der Waals surface area contributed by atoms with Crippen LogP contribution < -0.4 is 10.6 Å². The second kappa shape index (κ2) is 8.72. The summed E-state index contributed by atoms with van der Waals surface area (Å²) in [5.41, 5.74) is 0.0723. The first-order chi connectivity index (χ1) is 11.5. The van der Waals surface area contributed by atoms with Gasteiger partial charge in [-0.15, -0.1) is 0 Å². The van der Waals surface area contributed by atoms with Crippen LogP contribution in [0, 0.1) is 5.92 Å². The Kier molecular flexibility index (Phi) is 6.65. The molecule has 0 spiro atoms. The van der Waals surface area contributed by atoms with Crippen molar-refractivity contribution in [2.75, 3.05) is 13.7 Å². The fourth-order valence-electron chi connectivity index (χ4n) is 2.25. The standard InChI is InChI=1S/C14H21BN4O5/c1-24-8-11(18-13(20)10-7-16-4-5-17-10)14(21)19-12(15(22)23)6-9-2-3-9/h4-5,7,9,11-12,22-23H,2-3,6,8H2,1H3,(H,18,20)(H,19,21)/t11?,12-/m0/s1. The molecule has 1 aromatic heterocycles. The van der Waals surface area contributed by atoms with Gasteiger partial charge in [-0.2, -0.15) is 0 Å². The molecule has 9 nitrogen and oxygen atoms in total. The predicted octanol–water partition coefficient (Wildman–Crippen LogP) is -1.48. The highest BCUT2D eigenvalue weighted by Gasteiger charge is 2.34. The second-order valence-corrected chi connectivity index (χ2v) is 5.78. The van der Waals surface area contributed by atoms with Gasteiger partial charge in [-0.25, -0.2) is 4.98 Å². The van der Waals surface area contributed by atoms with Gasteiger partial charge in [0.1, 0.15) is 11.7 Å². The number of ether oxygens (including phenoxy) is 1. The molecule has 4 N–H and O–H groups in total. The molecule has 0 bridgehead atoms. The normalized spacial score (nSPS) is 16.1. The molecular weight excluding hydrogens is 315 g/mol. The van der Waals surface area contributed by atoms with Gasteiger partial charge in [0.15, 0.2) is 0 Å². The number of nitrogens with zero attached hydrogens (tertiary/aromatic N) is 2. The van der Waals surface area contributed by atoms with Crippen LogP contribution in [0.3, 0.4) is 0 Å². The van der Waals surface area contributed by atoms with Gasteiger partial charge in [0.2, 0.25) is 5.91 Å². The number of amides is 2. The first kappa shape index (κ1) is 18.3. The van der Waals surface area contributed by atoms with Crippen LogP contribution in [0.25, 0.3) is 0 Å². The van der Waals surface area contributed by atoms with Crippen LogP contribution >= 0.6 is 0 Å². The van der Waals surface area contributed by atoms with E-state index >= 15 is 0 Å². The Balaban J connectivity index is 1.97. The average Bonchev–Trinajstić information content (AvgIpc) is 3.38. The van der Waals surface area contributed by atoms with Crippen LogP contribution in [0.1, 0.15) is 29.8 Å². The highest BCUT2D eigenvalue weighted by Crippen LogP contribution is 2.33. The molecule has 24 heavy (non-hydrogen) atoms. The van der Waals surface area contributed by atoms with Crippen LogP contribution in [-0.2, 0) is 9.53 Å². The fourth-order valence-corrected chi connectivity index (χ4v) is 2.25. The van der Waals surface area contributed by atoms with Crippen LogP contribution in [0.4, 0.5) is 0 Å². The molecule has 1 aliphatic carbocycles. The molecule has 0 saturated heterocycles. The quantitative estimate of drug-likeness (QED) is 0.404. The van der Waals surface area contributed by atoms with E-state index in [0.717, 1.165) is 12.8 Å². The van der Waals surface area contributed by atoms with E-state index in [-0.39, 0.29) is 12.3 Å². The van der Waals surface area contributed by atoms with Crippen molar-refractivity contribution in [1.29, 1.82) is 0 Å². The summed E-state index contributed by atoms with van der Waals surface area (Å²) in [6.45, 7) is -0.0600. The lowest BCUT2D eigenvalue weighted by Crippen LogP contribution is -2.55. The molecule has 0 aromatic carbocycles. The minimum absolute atomic E-state index is 0.0600. The maximum absolute atomic E-state index is 12.4. The summed E-state index contributed by atoms with van der Waals surface area (Å²) in [7, 11) is -0.259. The third-order valence-corrected chi connectivity index (χ3v) is 3.72. The number of rotatable bonds is 9. The Bertz CT molecular complexity index is 555. The summed E-state index contributed by atoms with van der Waals surface area (Å²) in [6.07, 6.45) is 6.61. The molecule has 1 heterocycles. The molecule has 10 heteroatoms. The van der Waals surface area contributed by atoms with Gasteiger partial charge in [0.05, 0.1) is 18.7 Å². The molecule has 2 rings (SSSR count). The molecular formula is C14H21BN4O5. The van der Waals surface area contributed by atoms with Gasteiger partial charge >= 0.3 is 7.12 Å². The van der Waals surface area contributed by atoms with Gasteiger partial charge in [0, 0.05) is 19.5 Å². The van der Waals surface area contributed by atoms with Crippen LogP contribution in [0.15, 0.2) is 18.6 Å². The number of carbonyl (C=O) groups excluding carboxylic acids is 2. The van der Waals surface area contributed by atoms with Crippen molar-refractivity contribution >= 4 is 18.9 Å². The topological polar surface area (TPSA) is 134 Å². The van der Waals surface area contributed by atoms with Crippen molar-refractivity contribution in [3.63, 3.8) is 0 Å². The van der Waals surface area contributed by atoms with E-state index in [1.54, 1.807) is 0 Å². The van der Waals surface area contributed by atoms with Gasteiger partial charge in [0.25, 0.3) is 5.91 Å². The van der Waals surface area contributed by atoms with E-state index in [9.17, 15) is 19.6 Å². The van der Waals surface area contributed by atoms with Gasteiger partial charge in [-0.3, -0.25) is 14.6 Å². The highest BCUT2D eigenvalue weighted by atomic mass is 16.5. The van der Waals surface area contributed by atoms with Crippen molar-refractivity contribution in [2.24, 2.45) is 5.92 Å². The molecule has 0 radical (unpaired) electrons. The molecule has 2 atom stereocenters. The van der Waals surface area contributed by atoms with Crippen molar-refractivity contribution in [2.45, 2.75) is 31.2 Å². The minimum atomic E-state index is -1.66. The van der Waals surface area contributed by atoms with Crippen molar-refractivity contribution in [3.8, 4) is 0 Å². The van der Waals surface area contributed by atoms with Crippen molar-refractivity contribution < 1.29 is 24.4 Å². The highest BCUT2D eigenvalue weighted by molar-refractivity contribution is 6.43. The van der Waals surface area contributed by atoms with E-state index in [0.29, 0.717) is 12.3 Å². The number of nitrogens with one attached hydrogen (secondary N) is 2. The smallest absolute Gasteiger partial charge is 0.426 e. The molecule has 1 aromatic rings. The van der Waals surface area contributed by atoms with E-state index in [4.69, 9.17) is 4.74 Å². The molecule has 1 aliphatic rings. The molecule has 0 aliphatic heterocycles. The van der Waals surface area contributed by atoms with Crippen LogP contribution in [0.2, 0.25) is 0 Å². The number of aromatic nitrogens is 2. The lowest BCUT2D eigenvalue weighted by molar-refractivity contribution is -0.124. The number of hydrogen-bond acceptors (Lipinski definition) is 7. The summed E-state index contributed by atoms with van der Waals surface area (Å²) in [5, 5.41) is 23.9. The zero-order valence-corrected chi connectivity index (χ0v) is 13.4. The average molecular weight is 336 g/mol.